The molecule has 1 amide bonds. The first-order valence-corrected chi connectivity index (χ1v) is 15.7. The van der Waals surface area contributed by atoms with Gasteiger partial charge in [-0.25, -0.2) is 8.78 Å². The maximum Gasteiger partial charge on any atom is 0.290 e. The lowest BCUT2D eigenvalue weighted by Crippen LogP contribution is -2.50. The molecule has 0 radical (unpaired) electrons. The third-order valence-corrected chi connectivity index (χ3v) is 8.53. The zero-order valence-electron chi connectivity index (χ0n) is 26.1. The van der Waals surface area contributed by atoms with Crippen LogP contribution in [-0.4, -0.2) is 53.1 Å². The van der Waals surface area contributed by atoms with Crippen molar-refractivity contribution in [1.29, 1.82) is 0 Å². The normalized spacial score (nSPS) is 13.0. The first-order valence-electron chi connectivity index (χ1n) is 15.7. The van der Waals surface area contributed by atoms with E-state index in [0.717, 1.165) is 22.4 Å². The number of hydrogen-bond donors (Lipinski definition) is 0. The van der Waals surface area contributed by atoms with Gasteiger partial charge < -0.3 is 14.4 Å². The topological polar surface area (TPSA) is 79.7 Å². The minimum Gasteiger partial charge on any atom is -0.368 e. The molecule has 242 valence electrons. The van der Waals surface area contributed by atoms with E-state index >= 15 is 0 Å². The van der Waals surface area contributed by atoms with Crippen molar-refractivity contribution in [2.75, 3.05) is 31.1 Å². The molecule has 1 saturated heterocycles. The van der Waals surface area contributed by atoms with Crippen LogP contribution in [0.3, 0.4) is 0 Å². The van der Waals surface area contributed by atoms with E-state index in [0.29, 0.717) is 31.7 Å². The average molecular weight is 646 g/mol. The SMILES string of the molecule is O=C(CC(=O)c1cc(Cc2ccc(F)cc2)cn(Cc2ccccc2F)c1=O)C(=O)N1CCN(c2ccc(-c3ccccc3)cc2)CC1. The Morgan fingerprint density at radius 2 is 1.33 bits per heavy atom. The minimum absolute atomic E-state index is 0.144. The van der Waals surface area contributed by atoms with Gasteiger partial charge in [0, 0.05) is 43.6 Å². The van der Waals surface area contributed by atoms with E-state index in [-0.39, 0.29) is 24.1 Å². The highest BCUT2D eigenvalue weighted by Gasteiger charge is 2.29. The molecular weight excluding hydrogens is 612 g/mol. The van der Waals surface area contributed by atoms with Gasteiger partial charge in [-0.15, -0.1) is 0 Å². The molecule has 1 fully saturated rings. The minimum atomic E-state index is -0.898. The fourth-order valence-corrected chi connectivity index (χ4v) is 5.92. The molecule has 0 atom stereocenters. The molecule has 0 N–H and O–H groups in total. The number of rotatable bonds is 10. The zero-order chi connectivity index (χ0) is 33.6. The lowest BCUT2D eigenvalue weighted by atomic mass is 10.0. The van der Waals surface area contributed by atoms with Gasteiger partial charge >= 0.3 is 0 Å². The van der Waals surface area contributed by atoms with E-state index in [1.165, 1.54) is 52.1 Å². The van der Waals surface area contributed by atoms with Crippen LogP contribution in [0.5, 0.6) is 0 Å². The summed E-state index contributed by atoms with van der Waals surface area (Å²) in [6.45, 7) is 1.51. The van der Waals surface area contributed by atoms with Gasteiger partial charge in [-0.1, -0.05) is 72.8 Å². The Bertz CT molecular complexity index is 2000. The summed E-state index contributed by atoms with van der Waals surface area (Å²) in [5, 5.41) is 0. The Labute approximate surface area is 276 Å². The zero-order valence-corrected chi connectivity index (χ0v) is 26.1. The van der Waals surface area contributed by atoms with Gasteiger partial charge in [0.2, 0.25) is 5.78 Å². The number of piperazine rings is 1. The molecule has 4 aromatic carbocycles. The van der Waals surface area contributed by atoms with E-state index in [9.17, 15) is 28.0 Å². The second kappa shape index (κ2) is 14.4. The summed E-state index contributed by atoms with van der Waals surface area (Å²) in [7, 11) is 0. The lowest BCUT2D eigenvalue weighted by molar-refractivity contribution is -0.144. The Morgan fingerprint density at radius 3 is 2.02 bits per heavy atom. The lowest BCUT2D eigenvalue weighted by Gasteiger charge is -2.35. The Kier molecular flexibility index (Phi) is 9.66. The first kappa shape index (κ1) is 32.2. The van der Waals surface area contributed by atoms with Gasteiger partial charge in [-0.3, -0.25) is 19.2 Å². The van der Waals surface area contributed by atoms with Crippen LogP contribution in [0.2, 0.25) is 0 Å². The number of benzene rings is 4. The molecule has 1 aromatic heterocycles. The summed E-state index contributed by atoms with van der Waals surface area (Å²) >= 11 is 0. The van der Waals surface area contributed by atoms with E-state index in [2.05, 4.69) is 17.0 Å². The van der Waals surface area contributed by atoms with Gasteiger partial charge in [0.15, 0.2) is 5.78 Å². The van der Waals surface area contributed by atoms with Gasteiger partial charge in [0.1, 0.15) is 11.6 Å². The second-order valence-corrected chi connectivity index (χ2v) is 11.8. The Hall–Kier alpha value is -5.70. The number of amides is 1. The number of nitrogens with zero attached hydrogens (tertiary/aromatic N) is 3. The van der Waals surface area contributed by atoms with Crippen LogP contribution in [0.4, 0.5) is 14.5 Å². The summed E-state index contributed by atoms with van der Waals surface area (Å²) in [6.07, 6.45) is 1.01. The van der Waals surface area contributed by atoms with Crippen molar-refractivity contribution in [2.24, 2.45) is 0 Å². The van der Waals surface area contributed by atoms with Crippen molar-refractivity contribution in [2.45, 2.75) is 19.4 Å². The summed E-state index contributed by atoms with van der Waals surface area (Å²) in [4.78, 5) is 56.6. The third kappa shape index (κ3) is 7.47. The fourth-order valence-electron chi connectivity index (χ4n) is 5.92. The van der Waals surface area contributed by atoms with Gasteiger partial charge in [0.05, 0.1) is 18.5 Å². The van der Waals surface area contributed by atoms with Crippen molar-refractivity contribution >= 4 is 23.2 Å². The third-order valence-electron chi connectivity index (χ3n) is 8.53. The molecular formula is C39H33F2N3O4. The molecule has 9 heteroatoms. The second-order valence-electron chi connectivity index (χ2n) is 11.8. The molecule has 2 heterocycles. The number of Topliss-reactive ketones (excluding diaryl/α,β-unsaturated/α-hetero) is 2. The smallest absolute Gasteiger partial charge is 0.290 e. The predicted octanol–water partition coefficient (Wildman–Crippen LogP) is 5.92. The van der Waals surface area contributed by atoms with Gasteiger partial charge in [-0.2, -0.15) is 0 Å². The number of aromatic nitrogens is 1. The Morgan fingerprint density at radius 1 is 0.688 bits per heavy atom. The highest BCUT2D eigenvalue weighted by atomic mass is 19.1. The van der Waals surface area contributed by atoms with Crippen LogP contribution in [0.1, 0.15) is 33.5 Å². The van der Waals surface area contributed by atoms with Crippen LogP contribution < -0.4 is 10.5 Å². The molecule has 0 unspecified atom stereocenters. The molecule has 1 aliphatic rings. The maximum atomic E-state index is 14.5. The number of carbonyl (C=O) groups is 3. The summed E-state index contributed by atoms with van der Waals surface area (Å²) in [5.41, 5.74) is 3.77. The molecule has 5 aromatic rings. The standard InChI is InChI=1S/C39H33F2N3O4/c40-32-14-10-27(11-15-32)22-28-23-34(38(47)44(25-28)26-31-8-4-5-9-35(31)41)36(45)24-37(46)39(48)43-20-18-42(19-21-43)33-16-12-30(13-17-33)29-6-2-1-3-7-29/h1-17,23,25H,18-22,24,26H2. The van der Waals surface area contributed by atoms with E-state index in [1.807, 2.05) is 42.5 Å². The van der Waals surface area contributed by atoms with E-state index < -0.39 is 41.1 Å². The summed E-state index contributed by atoms with van der Waals surface area (Å²) in [6, 6.07) is 31.4. The van der Waals surface area contributed by atoms with Crippen LogP contribution >= 0.6 is 0 Å². The first-order chi connectivity index (χ1) is 23.2. The predicted molar refractivity (Wildman–Crippen MR) is 180 cm³/mol. The van der Waals surface area contributed by atoms with E-state index in [4.69, 9.17) is 0 Å². The molecule has 48 heavy (non-hydrogen) atoms. The van der Waals surface area contributed by atoms with Crippen molar-refractivity contribution < 1.29 is 23.2 Å². The summed E-state index contributed by atoms with van der Waals surface area (Å²) < 4.78 is 29.2. The van der Waals surface area contributed by atoms with Crippen molar-refractivity contribution in [3.63, 3.8) is 0 Å². The molecule has 0 aliphatic carbocycles. The number of anilines is 1. The molecule has 0 saturated carbocycles. The number of pyridine rings is 1. The number of halogens is 2. The van der Waals surface area contributed by atoms with Crippen LogP contribution in [0.15, 0.2) is 120 Å². The number of carbonyl (C=O) groups excluding carboxylic acids is 3. The molecule has 0 bridgehead atoms. The highest BCUT2D eigenvalue weighted by Crippen LogP contribution is 2.24. The maximum absolute atomic E-state index is 14.5. The quantitative estimate of drug-likeness (QED) is 0.107. The van der Waals surface area contributed by atoms with Crippen molar-refractivity contribution in [3.05, 3.63) is 160 Å². The summed E-state index contributed by atoms with van der Waals surface area (Å²) in [5.74, 6) is -3.37. The van der Waals surface area contributed by atoms with Crippen molar-refractivity contribution in [1.82, 2.24) is 9.47 Å². The molecule has 0 spiro atoms. The Balaban J connectivity index is 1.13. The molecule has 7 nitrogen and oxygen atoms in total. The highest BCUT2D eigenvalue weighted by molar-refractivity contribution is 6.40. The molecule has 6 rings (SSSR count). The monoisotopic (exact) mass is 645 g/mol. The van der Waals surface area contributed by atoms with Gasteiger partial charge in [-0.05, 0) is 65.1 Å². The van der Waals surface area contributed by atoms with Crippen LogP contribution in [0.25, 0.3) is 11.1 Å². The van der Waals surface area contributed by atoms with Crippen molar-refractivity contribution in [3.8, 4) is 11.1 Å². The fraction of sp³-hybridized carbons (Fsp3) is 0.179. The molecule has 1 aliphatic heterocycles. The van der Waals surface area contributed by atoms with Gasteiger partial charge in [0.25, 0.3) is 11.5 Å². The number of ketones is 2. The van der Waals surface area contributed by atoms with Crippen LogP contribution in [0, 0.1) is 11.6 Å². The van der Waals surface area contributed by atoms with Crippen LogP contribution in [-0.2, 0) is 22.6 Å². The number of hydrogen-bond acceptors (Lipinski definition) is 5. The van der Waals surface area contributed by atoms with E-state index in [1.54, 1.807) is 18.2 Å². The average Bonchev–Trinajstić information content (AvgIpc) is 3.11. The largest absolute Gasteiger partial charge is 0.368 e.